The van der Waals surface area contributed by atoms with Crippen molar-refractivity contribution in [2.24, 2.45) is 5.41 Å². The first-order chi connectivity index (χ1) is 15.0. The predicted octanol–water partition coefficient (Wildman–Crippen LogP) is 3.95. The van der Waals surface area contributed by atoms with Crippen LogP contribution in [-0.2, 0) is 9.53 Å². The number of aromatic carboxylic acids is 1. The third-order valence-electron chi connectivity index (χ3n) is 7.16. The summed E-state index contributed by atoms with van der Waals surface area (Å²) in [6, 6.07) is 13.2. The number of hydrogen-bond donors (Lipinski definition) is 1. The van der Waals surface area contributed by atoms with Crippen LogP contribution in [0.1, 0.15) is 47.5 Å². The minimum Gasteiger partial charge on any atom is -0.496 e. The molecule has 3 fully saturated rings. The highest BCUT2D eigenvalue weighted by Gasteiger charge is 2.58. The van der Waals surface area contributed by atoms with Gasteiger partial charge in [0.1, 0.15) is 11.9 Å². The van der Waals surface area contributed by atoms with Crippen LogP contribution in [0.3, 0.4) is 0 Å². The first-order valence-corrected chi connectivity index (χ1v) is 10.9. The van der Waals surface area contributed by atoms with E-state index in [2.05, 4.69) is 12.1 Å². The zero-order valence-corrected chi connectivity index (χ0v) is 17.7. The highest BCUT2D eigenvalue weighted by molar-refractivity contribution is 5.90. The molecule has 3 aliphatic rings. The number of hydrogen-bond acceptors (Lipinski definition) is 4. The van der Waals surface area contributed by atoms with Crippen molar-refractivity contribution in [1.82, 2.24) is 4.90 Å². The number of carbonyl (C=O) groups is 2. The fourth-order valence-electron chi connectivity index (χ4n) is 5.29. The molecule has 2 aliphatic heterocycles. The van der Waals surface area contributed by atoms with Gasteiger partial charge in [0.2, 0.25) is 0 Å². The van der Waals surface area contributed by atoms with Gasteiger partial charge in [-0.15, -0.1) is 0 Å². The summed E-state index contributed by atoms with van der Waals surface area (Å²) in [5.74, 6) is 0.334. The lowest BCUT2D eigenvalue weighted by Gasteiger charge is -2.20. The molecule has 162 valence electrons. The van der Waals surface area contributed by atoms with Crippen LogP contribution >= 0.6 is 0 Å². The summed E-state index contributed by atoms with van der Waals surface area (Å²) >= 11 is 0. The average molecular weight is 421 g/mol. The van der Waals surface area contributed by atoms with Gasteiger partial charge in [0.25, 0.3) is 5.91 Å². The summed E-state index contributed by atoms with van der Waals surface area (Å²) in [5, 5.41) is 9.32. The summed E-state index contributed by atoms with van der Waals surface area (Å²) in [5.41, 5.74) is 3.43. The second-order valence-electron chi connectivity index (χ2n) is 8.97. The third kappa shape index (κ3) is 3.59. The molecule has 31 heavy (non-hydrogen) atoms. The molecule has 2 heterocycles. The molecule has 0 radical (unpaired) electrons. The average Bonchev–Trinajstić information content (AvgIpc) is 3.14. The van der Waals surface area contributed by atoms with Crippen LogP contribution in [0.15, 0.2) is 42.5 Å². The molecule has 0 bridgehead atoms. The van der Waals surface area contributed by atoms with Crippen molar-refractivity contribution < 1.29 is 24.2 Å². The molecule has 3 atom stereocenters. The van der Waals surface area contributed by atoms with Gasteiger partial charge in [-0.05, 0) is 66.3 Å². The first kappa shape index (κ1) is 20.1. The van der Waals surface area contributed by atoms with E-state index >= 15 is 0 Å². The number of amides is 1. The van der Waals surface area contributed by atoms with Crippen LogP contribution in [0.5, 0.6) is 5.75 Å². The van der Waals surface area contributed by atoms with E-state index in [0.717, 1.165) is 49.9 Å². The van der Waals surface area contributed by atoms with Crippen LogP contribution in [0.4, 0.5) is 0 Å². The molecule has 1 amide bonds. The molecule has 1 spiro atoms. The van der Waals surface area contributed by atoms with Gasteiger partial charge >= 0.3 is 5.97 Å². The van der Waals surface area contributed by atoms with Crippen LogP contribution < -0.4 is 4.74 Å². The van der Waals surface area contributed by atoms with E-state index in [1.807, 2.05) is 17.0 Å². The Labute approximate surface area is 181 Å². The predicted molar refractivity (Wildman–Crippen MR) is 115 cm³/mol. The molecule has 2 aromatic rings. The molecule has 1 saturated carbocycles. The van der Waals surface area contributed by atoms with E-state index in [1.54, 1.807) is 25.3 Å². The van der Waals surface area contributed by atoms with Gasteiger partial charge < -0.3 is 19.5 Å². The van der Waals surface area contributed by atoms with Gasteiger partial charge in [0.05, 0.1) is 12.7 Å². The van der Waals surface area contributed by atoms with Crippen molar-refractivity contribution in [3.05, 3.63) is 53.6 Å². The minimum absolute atomic E-state index is 0.167. The molecule has 2 aromatic carbocycles. The molecule has 6 heteroatoms. The topological polar surface area (TPSA) is 76.1 Å². The number of rotatable bonds is 5. The zero-order valence-electron chi connectivity index (χ0n) is 17.7. The van der Waals surface area contributed by atoms with Crippen LogP contribution in [-0.4, -0.2) is 54.8 Å². The van der Waals surface area contributed by atoms with Gasteiger partial charge in [-0.1, -0.05) is 24.3 Å². The molecule has 2 saturated heterocycles. The second-order valence-corrected chi connectivity index (χ2v) is 8.97. The SMILES string of the molecule is COc1ccc(C(=O)O)cc1-c1ccc([C@H]2C[C@]23CCN(C(=O)[C@H]2CCCO2)C3)cc1. The Morgan fingerprint density at radius 1 is 1.19 bits per heavy atom. The van der Waals surface area contributed by atoms with Crippen molar-refractivity contribution in [3.8, 4) is 16.9 Å². The molecule has 5 rings (SSSR count). The monoisotopic (exact) mass is 421 g/mol. The van der Waals surface area contributed by atoms with E-state index < -0.39 is 5.97 Å². The molecule has 0 aromatic heterocycles. The number of likely N-dealkylation sites (tertiary alicyclic amines) is 1. The Morgan fingerprint density at radius 3 is 2.68 bits per heavy atom. The maximum absolute atomic E-state index is 12.7. The lowest BCUT2D eigenvalue weighted by molar-refractivity contribution is -0.140. The third-order valence-corrected chi connectivity index (χ3v) is 7.16. The highest BCUT2D eigenvalue weighted by atomic mass is 16.5. The molecule has 0 unspecified atom stereocenters. The van der Waals surface area contributed by atoms with E-state index in [1.165, 1.54) is 5.56 Å². The summed E-state index contributed by atoms with van der Waals surface area (Å²) in [6.07, 6.45) is 3.75. The quantitative estimate of drug-likeness (QED) is 0.791. The maximum atomic E-state index is 12.7. The molecular formula is C25H27NO5. The smallest absolute Gasteiger partial charge is 0.335 e. The van der Waals surface area contributed by atoms with E-state index in [9.17, 15) is 14.7 Å². The van der Waals surface area contributed by atoms with Gasteiger partial charge in [-0.3, -0.25) is 4.79 Å². The Balaban J connectivity index is 1.30. The summed E-state index contributed by atoms with van der Waals surface area (Å²) in [6.45, 7) is 2.35. The first-order valence-electron chi connectivity index (χ1n) is 10.9. The Kier molecular flexibility index (Phi) is 4.97. The van der Waals surface area contributed by atoms with E-state index in [4.69, 9.17) is 9.47 Å². The number of methoxy groups -OCH3 is 1. The number of carboxylic acid groups (broad SMARTS) is 1. The van der Waals surface area contributed by atoms with Gasteiger partial charge in [0.15, 0.2) is 0 Å². The lowest BCUT2D eigenvalue weighted by atomic mass is 9.95. The van der Waals surface area contributed by atoms with Gasteiger partial charge in [0, 0.05) is 25.3 Å². The molecule has 6 nitrogen and oxygen atoms in total. The number of benzene rings is 2. The number of nitrogens with zero attached hydrogens (tertiary/aromatic N) is 1. The maximum Gasteiger partial charge on any atom is 0.335 e. The highest BCUT2D eigenvalue weighted by Crippen LogP contribution is 2.64. The Hall–Kier alpha value is -2.86. The lowest BCUT2D eigenvalue weighted by Crippen LogP contribution is -2.37. The Bertz CT molecular complexity index is 1010. The van der Waals surface area contributed by atoms with Crippen LogP contribution in [0.25, 0.3) is 11.1 Å². The summed E-state index contributed by atoms with van der Waals surface area (Å²) < 4.78 is 11.0. The van der Waals surface area contributed by atoms with Crippen molar-refractivity contribution in [3.63, 3.8) is 0 Å². The van der Waals surface area contributed by atoms with E-state index in [0.29, 0.717) is 18.3 Å². The van der Waals surface area contributed by atoms with Crippen LogP contribution in [0.2, 0.25) is 0 Å². The largest absolute Gasteiger partial charge is 0.496 e. The van der Waals surface area contributed by atoms with Crippen molar-refractivity contribution in [2.45, 2.75) is 37.7 Å². The minimum atomic E-state index is -0.955. The van der Waals surface area contributed by atoms with Gasteiger partial charge in [-0.2, -0.15) is 0 Å². The van der Waals surface area contributed by atoms with E-state index in [-0.39, 0.29) is 23.0 Å². The number of carboxylic acids is 1. The normalized spacial score (nSPS) is 26.9. The van der Waals surface area contributed by atoms with Crippen LogP contribution in [0, 0.1) is 5.41 Å². The summed E-state index contributed by atoms with van der Waals surface area (Å²) in [4.78, 5) is 26.1. The zero-order chi connectivity index (χ0) is 21.6. The van der Waals surface area contributed by atoms with Crippen molar-refractivity contribution >= 4 is 11.9 Å². The second kappa shape index (κ2) is 7.68. The molecule has 1 aliphatic carbocycles. The fraction of sp³-hybridized carbons (Fsp3) is 0.440. The number of ether oxygens (including phenoxy) is 2. The number of carbonyl (C=O) groups excluding carboxylic acids is 1. The standard InChI is InChI=1S/C25H27NO5/c1-30-21-9-8-18(24(28)29)13-19(21)16-4-6-17(7-5-16)20-14-25(20)10-11-26(15-25)23(27)22-3-2-12-31-22/h4-9,13,20,22H,2-3,10-12,14-15H2,1H3,(H,28,29)/t20-,22-,25+/m1/s1. The molecular weight excluding hydrogens is 394 g/mol. The fourth-order valence-corrected chi connectivity index (χ4v) is 5.29. The van der Waals surface area contributed by atoms with Crippen molar-refractivity contribution in [1.29, 1.82) is 0 Å². The summed E-state index contributed by atoms with van der Waals surface area (Å²) in [7, 11) is 1.59. The molecule has 1 N–H and O–H groups in total. The van der Waals surface area contributed by atoms with Crippen molar-refractivity contribution in [2.75, 3.05) is 26.8 Å². The van der Waals surface area contributed by atoms with Gasteiger partial charge in [-0.25, -0.2) is 4.79 Å². The Morgan fingerprint density at radius 2 is 2.00 bits per heavy atom.